The summed E-state index contributed by atoms with van der Waals surface area (Å²) < 4.78 is 12.2. The number of nitrogens with zero attached hydrogens (tertiary/aromatic N) is 3. The number of rotatable bonds is 3. The van der Waals surface area contributed by atoms with Crippen molar-refractivity contribution in [3.63, 3.8) is 0 Å². The fourth-order valence-corrected chi connectivity index (χ4v) is 3.73. The first-order valence-electron chi connectivity index (χ1n) is 8.66. The normalized spacial score (nSPS) is 25.9. The first kappa shape index (κ1) is 16.0. The van der Waals surface area contributed by atoms with Gasteiger partial charge in [-0.3, -0.25) is 4.79 Å². The summed E-state index contributed by atoms with van der Waals surface area (Å²) in [5.74, 6) is 0.852. The van der Waals surface area contributed by atoms with E-state index in [1.807, 2.05) is 35.2 Å². The van der Waals surface area contributed by atoms with Crippen LogP contribution in [0.3, 0.4) is 0 Å². The van der Waals surface area contributed by atoms with Gasteiger partial charge in [0, 0.05) is 13.0 Å². The number of hydrogen-bond donors (Lipinski definition) is 0. The molecule has 2 aliphatic heterocycles. The van der Waals surface area contributed by atoms with E-state index in [-0.39, 0.29) is 17.6 Å². The maximum absolute atomic E-state index is 12.7. The van der Waals surface area contributed by atoms with Gasteiger partial charge < -0.3 is 14.4 Å². The van der Waals surface area contributed by atoms with Crippen molar-refractivity contribution in [2.24, 2.45) is 0 Å². The molecule has 4 rings (SSSR count). The Bertz CT molecular complexity index is 725. The topological polar surface area (TPSA) is 64.6 Å². The van der Waals surface area contributed by atoms with E-state index in [0.717, 1.165) is 31.6 Å². The lowest BCUT2D eigenvalue weighted by atomic mass is 9.89. The van der Waals surface area contributed by atoms with Gasteiger partial charge >= 0.3 is 0 Å². The minimum Gasteiger partial charge on any atom is -0.488 e. The summed E-state index contributed by atoms with van der Waals surface area (Å²) in [5.41, 5.74) is 0.274. The smallest absolute Gasteiger partial charge is 0.255 e. The monoisotopic (exact) mass is 339 g/mol. The summed E-state index contributed by atoms with van der Waals surface area (Å²) in [6, 6.07) is 11.5. The van der Waals surface area contributed by atoms with Gasteiger partial charge in [0.15, 0.2) is 0 Å². The van der Waals surface area contributed by atoms with Crippen LogP contribution in [0.15, 0.2) is 48.8 Å². The molecule has 0 bridgehead atoms. The molecule has 25 heavy (non-hydrogen) atoms. The fourth-order valence-electron chi connectivity index (χ4n) is 3.73. The van der Waals surface area contributed by atoms with E-state index in [0.29, 0.717) is 18.7 Å². The Kier molecular flexibility index (Phi) is 4.36. The van der Waals surface area contributed by atoms with Crippen LogP contribution in [0.2, 0.25) is 0 Å². The number of ether oxygens (including phenoxy) is 2. The van der Waals surface area contributed by atoms with Gasteiger partial charge in [0.05, 0.1) is 36.7 Å². The number of para-hydroxylation sites is 1. The highest BCUT2D eigenvalue weighted by molar-refractivity contribution is 5.93. The van der Waals surface area contributed by atoms with Crippen molar-refractivity contribution in [2.75, 3.05) is 19.7 Å². The molecule has 2 saturated heterocycles. The number of amides is 1. The van der Waals surface area contributed by atoms with Crippen molar-refractivity contribution in [2.45, 2.75) is 31.0 Å². The summed E-state index contributed by atoms with van der Waals surface area (Å²) in [7, 11) is 0. The lowest BCUT2D eigenvalue weighted by molar-refractivity contribution is -0.0453. The van der Waals surface area contributed by atoms with Crippen LogP contribution in [0, 0.1) is 0 Å². The van der Waals surface area contributed by atoms with Crippen LogP contribution >= 0.6 is 0 Å². The molecule has 2 aliphatic rings. The third kappa shape index (κ3) is 3.49. The van der Waals surface area contributed by atoms with Gasteiger partial charge in [-0.05, 0) is 31.0 Å². The SMILES string of the molecule is O=C(c1ccnnc1)N1CCCC2(CC(Oc3ccccc3)CO2)C1. The quantitative estimate of drug-likeness (QED) is 0.859. The number of aromatic nitrogens is 2. The lowest BCUT2D eigenvalue weighted by Crippen LogP contribution is -2.50. The predicted molar refractivity (Wildman–Crippen MR) is 91.3 cm³/mol. The molecule has 6 heteroatoms. The van der Waals surface area contributed by atoms with E-state index in [9.17, 15) is 4.79 Å². The summed E-state index contributed by atoms with van der Waals surface area (Å²) >= 11 is 0. The van der Waals surface area contributed by atoms with Crippen molar-refractivity contribution in [1.82, 2.24) is 15.1 Å². The number of piperidine rings is 1. The third-order valence-corrected chi connectivity index (χ3v) is 4.88. The first-order chi connectivity index (χ1) is 12.2. The molecule has 2 aromatic rings. The van der Waals surface area contributed by atoms with E-state index in [1.165, 1.54) is 6.20 Å². The average Bonchev–Trinajstić information content (AvgIpc) is 3.04. The minimum absolute atomic E-state index is 0.00926. The number of carbonyl (C=O) groups is 1. The van der Waals surface area contributed by atoms with E-state index in [1.54, 1.807) is 12.3 Å². The molecule has 0 radical (unpaired) electrons. The van der Waals surface area contributed by atoms with Crippen LogP contribution in [-0.4, -0.2) is 52.4 Å². The second-order valence-electron chi connectivity index (χ2n) is 6.71. The molecule has 6 nitrogen and oxygen atoms in total. The molecule has 1 aromatic heterocycles. The highest BCUT2D eigenvalue weighted by atomic mass is 16.6. The number of hydrogen-bond acceptors (Lipinski definition) is 5. The van der Waals surface area contributed by atoms with Crippen molar-refractivity contribution in [3.8, 4) is 5.75 Å². The Hall–Kier alpha value is -2.47. The molecular weight excluding hydrogens is 318 g/mol. The molecule has 0 saturated carbocycles. The average molecular weight is 339 g/mol. The van der Waals surface area contributed by atoms with Crippen LogP contribution in [0.5, 0.6) is 5.75 Å². The zero-order valence-electron chi connectivity index (χ0n) is 14.0. The molecule has 1 amide bonds. The first-order valence-corrected chi connectivity index (χ1v) is 8.66. The summed E-state index contributed by atoms with van der Waals surface area (Å²) in [5, 5.41) is 7.53. The van der Waals surface area contributed by atoms with Crippen molar-refractivity contribution < 1.29 is 14.3 Å². The molecule has 2 unspecified atom stereocenters. The Morgan fingerprint density at radius 1 is 1.24 bits per heavy atom. The van der Waals surface area contributed by atoms with Gasteiger partial charge in [0.2, 0.25) is 0 Å². The Labute approximate surface area is 146 Å². The number of carbonyl (C=O) groups excluding carboxylic acids is 1. The lowest BCUT2D eigenvalue weighted by Gasteiger charge is -2.39. The molecule has 1 aromatic carbocycles. The third-order valence-electron chi connectivity index (χ3n) is 4.88. The molecule has 2 atom stereocenters. The van der Waals surface area contributed by atoms with E-state index in [2.05, 4.69) is 10.2 Å². The summed E-state index contributed by atoms with van der Waals surface area (Å²) in [4.78, 5) is 14.6. The Morgan fingerprint density at radius 2 is 2.12 bits per heavy atom. The fraction of sp³-hybridized carbons (Fsp3) is 0.421. The largest absolute Gasteiger partial charge is 0.488 e. The molecule has 0 N–H and O–H groups in total. The predicted octanol–water partition coefficient (Wildman–Crippen LogP) is 2.32. The van der Waals surface area contributed by atoms with Crippen LogP contribution in [0.1, 0.15) is 29.6 Å². The maximum Gasteiger partial charge on any atom is 0.255 e. The van der Waals surface area contributed by atoms with Crippen LogP contribution < -0.4 is 4.74 Å². The van der Waals surface area contributed by atoms with Gasteiger partial charge in [-0.2, -0.15) is 10.2 Å². The van der Waals surface area contributed by atoms with Gasteiger partial charge in [-0.1, -0.05) is 18.2 Å². The number of benzene rings is 1. The molecule has 3 heterocycles. The summed E-state index contributed by atoms with van der Waals surface area (Å²) in [6.45, 7) is 1.91. The Balaban J connectivity index is 1.42. The van der Waals surface area contributed by atoms with E-state index in [4.69, 9.17) is 9.47 Å². The standard InChI is InChI=1S/C19H21N3O3/c23-18(15-7-9-20-21-12-15)22-10-4-8-19(14-22)11-17(13-24-19)25-16-5-2-1-3-6-16/h1-3,5-7,9,12,17H,4,8,10-11,13-14H2. The second-order valence-corrected chi connectivity index (χ2v) is 6.71. The van der Waals surface area contributed by atoms with Crippen LogP contribution in [0.4, 0.5) is 0 Å². The molecule has 130 valence electrons. The van der Waals surface area contributed by atoms with Crippen molar-refractivity contribution in [1.29, 1.82) is 0 Å². The van der Waals surface area contributed by atoms with Gasteiger partial charge in [0.25, 0.3) is 5.91 Å². The Morgan fingerprint density at radius 3 is 2.92 bits per heavy atom. The van der Waals surface area contributed by atoms with Crippen LogP contribution in [-0.2, 0) is 4.74 Å². The van der Waals surface area contributed by atoms with E-state index < -0.39 is 0 Å². The zero-order valence-corrected chi connectivity index (χ0v) is 14.0. The molecular formula is C19H21N3O3. The van der Waals surface area contributed by atoms with Gasteiger partial charge in [-0.25, -0.2) is 0 Å². The maximum atomic E-state index is 12.7. The second kappa shape index (κ2) is 6.80. The molecule has 1 spiro atoms. The van der Waals surface area contributed by atoms with E-state index >= 15 is 0 Å². The highest BCUT2D eigenvalue weighted by Crippen LogP contribution is 2.36. The van der Waals surface area contributed by atoms with Gasteiger partial charge in [-0.15, -0.1) is 0 Å². The minimum atomic E-state index is -0.298. The number of likely N-dealkylation sites (tertiary alicyclic amines) is 1. The summed E-state index contributed by atoms with van der Waals surface area (Å²) in [6.07, 6.45) is 5.78. The van der Waals surface area contributed by atoms with Crippen molar-refractivity contribution in [3.05, 3.63) is 54.4 Å². The van der Waals surface area contributed by atoms with Crippen molar-refractivity contribution >= 4 is 5.91 Å². The molecule has 0 aliphatic carbocycles. The zero-order chi connectivity index (χ0) is 17.1. The van der Waals surface area contributed by atoms with Crippen LogP contribution in [0.25, 0.3) is 0 Å². The van der Waals surface area contributed by atoms with Gasteiger partial charge in [0.1, 0.15) is 11.9 Å². The molecule has 2 fully saturated rings. The highest BCUT2D eigenvalue weighted by Gasteiger charge is 2.45.